The lowest BCUT2D eigenvalue weighted by atomic mass is 10.1. The molecule has 0 saturated carbocycles. The minimum atomic E-state index is -4.87. The van der Waals surface area contributed by atoms with Gasteiger partial charge in [0.25, 0.3) is 5.56 Å². The maximum Gasteiger partial charge on any atom is 0.431 e. The molecule has 0 radical (unpaired) electrons. The third kappa shape index (κ3) is 5.34. The first kappa shape index (κ1) is 23.8. The van der Waals surface area contributed by atoms with Gasteiger partial charge in [0.2, 0.25) is 0 Å². The highest BCUT2D eigenvalue weighted by atomic mass is 35.5. The highest BCUT2D eigenvalue weighted by Gasteiger charge is 2.35. The normalized spacial score (nSPS) is 12.2. The predicted octanol–water partition coefficient (Wildman–Crippen LogP) is 4.13. The Morgan fingerprint density at radius 1 is 1.23 bits per heavy atom. The standard InChI is InChI=1S/C19H17Cl2F3N2O4/c1-3-4-7-30-17(28)14(21)9-11-8-12(5-6-13(11)20)26-16(27)10-15(19(22,23)24)25(2)18(26)29/h5-6,8-10H,3-4,7H2,1-2H3/b14-9-. The van der Waals surface area contributed by atoms with Crippen LogP contribution < -0.4 is 11.2 Å². The number of hydrogen-bond donors (Lipinski definition) is 0. The molecular weight excluding hydrogens is 448 g/mol. The molecule has 0 N–H and O–H groups in total. The molecule has 30 heavy (non-hydrogen) atoms. The molecule has 1 aromatic heterocycles. The molecule has 1 heterocycles. The lowest BCUT2D eigenvalue weighted by Crippen LogP contribution is -2.40. The average molecular weight is 465 g/mol. The summed E-state index contributed by atoms with van der Waals surface area (Å²) in [4.78, 5) is 36.5. The lowest BCUT2D eigenvalue weighted by molar-refractivity contribution is -0.144. The molecule has 0 aliphatic heterocycles. The Kier molecular flexibility index (Phi) is 7.54. The fraction of sp³-hybridized carbons (Fsp3) is 0.316. The van der Waals surface area contributed by atoms with Gasteiger partial charge in [-0.3, -0.25) is 9.36 Å². The van der Waals surface area contributed by atoms with Crippen molar-refractivity contribution in [2.75, 3.05) is 6.61 Å². The first-order valence-corrected chi connectivity index (χ1v) is 9.47. The van der Waals surface area contributed by atoms with E-state index in [1.807, 2.05) is 6.92 Å². The summed E-state index contributed by atoms with van der Waals surface area (Å²) in [6.45, 7) is 2.11. The number of hydrogen-bond acceptors (Lipinski definition) is 4. The van der Waals surface area contributed by atoms with Gasteiger partial charge in [-0.1, -0.05) is 36.5 Å². The van der Waals surface area contributed by atoms with Crippen molar-refractivity contribution in [2.45, 2.75) is 25.9 Å². The van der Waals surface area contributed by atoms with Gasteiger partial charge in [-0.2, -0.15) is 13.2 Å². The van der Waals surface area contributed by atoms with E-state index in [1.165, 1.54) is 24.3 Å². The Hall–Kier alpha value is -2.52. The number of rotatable bonds is 6. The summed E-state index contributed by atoms with van der Waals surface area (Å²) in [5.74, 6) is -0.783. The maximum absolute atomic E-state index is 13.0. The Balaban J connectivity index is 2.51. The minimum Gasteiger partial charge on any atom is -0.461 e. The molecule has 2 rings (SSSR count). The van der Waals surface area contributed by atoms with Crippen molar-refractivity contribution >= 4 is 35.2 Å². The van der Waals surface area contributed by atoms with Crippen LogP contribution in [0.25, 0.3) is 11.8 Å². The summed E-state index contributed by atoms with van der Waals surface area (Å²) >= 11 is 12.0. The smallest absolute Gasteiger partial charge is 0.431 e. The van der Waals surface area contributed by atoms with E-state index in [4.69, 9.17) is 27.9 Å². The summed E-state index contributed by atoms with van der Waals surface area (Å²) in [6.07, 6.45) is -2.21. The average Bonchev–Trinajstić information content (AvgIpc) is 2.66. The number of alkyl halides is 3. The van der Waals surface area contributed by atoms with E-state index in [0.29, 0.717) is 21.6 Å². The Bertz CT molecular complexity index is 1100. The van der Waals surface area contributed by atoms with Gasteiger partial charge in [-0.15, -0.1) is 0 Å². The van der Waals surface area contributed by atoms with Gasteiger partial charge >= 0.3 is 17.8 Å². The van der Waals surface area contributed by atoms with Gasteiger partial charge in [0.1, 0.15) is 10.7 Å². The molecule has 2 aromatic rings. The van der Waals surface area contributed by atoms with Gasteiger partial charge in [0.05, 0.1) is 12.3 Å². The molecule has 6 nitrogen and oxygen atoms in total. The largest absolute Gasteiger partial charge is 0.461 e. The number of benzene rings is 1. The molecule has 0 bridgehead atoms. The molecule has 0 atom stereocenters. The van der Waals surface area contributed by atoms with Gasteiger partial charge in [0.15, 0.2) is 0 Å². The summed E-state index contributed by atoms with van der Waals surface area (Å²) in [7, 11) is 0.904. The van der Waals surface area contributed by atoms with Crippen LogP contribution >= 0.6 is 23.2 Å². The molecule has 0 saturated heterocycles. The van der Waals surface area contributed by atoms with E-state index in [-0.39, 0.29) is 27.9 Å². The van der Waals surface area contributed by atoms with E-state index in [1.54, 1.807) is 0 Å². The number of esters is 1. The van der Waals surface area contributed by atoms with Crippen LogP contribution in [0.1, 0.15) is 31.0 Å². The molecule has 162 valence electrons. The molecule has 0 fully saturated rings. The topological polar surface area (TPSA) is 70.3 Å². The molecular formula is C19H17Cl2F3N2O4. The summed E-state index contributed by atoms with van der Waals surface area (Å²) < 4.78 is 44.8. The zero-order valence-electron chi connectivity index (χ0n) is 15.9. The number of carbonyl (C=O) groups is 1. The SMILES string of the molecule is CCCCOC(=O)/C(Cl)=C/c1cc(-n2c(=O)cc(C(F)(F)F)n(C)c2=O)ccc1Cl. The Morgan fingerprint density at radius 2 is 1.90 bits per heavy atom. The molecule has 0 amide bonds. The Morgan fingerprint density at radius 3 is 2.50 bits per heavy atom. The van der Waals surface area contributed by atoms with Gasteiger partial charge in [-0.05, 0) is 36.3 Å². The van der Waals surface area contributed by atoms with E-state index >= 15 is 0 Å². The molecule has 0 aliphatic rings. The fourth-order valence-electron chi connectivity index (χ4n) is 2.49. The number of unbranched alkanes of at least 4 members (excludes halogenated alkanes) is 1. The van der Waals surface area contributed by atoms with Crippen LogP contribution in [0.4, 0.5) is 13.2 Å². The summed E-state index contributed by atoms with van der Waals surface area (Å²) in [5.41, 5.74) is -3.63. The summed E-state index contributed by atoms with van der Waals surface area (Å²) in [5, 5.41) is -0.159. The Labute approximate surface area is 179 Å². The monoisotopic (exact) mass is 464 g/mol. The lowest BCUT2D eigenvalue weighted by Gasteiger charge is -2.14. The second-order valence-electron chi connectivity index (χ2n) is 6.23. The van der Waals surface area contributed by atoms with Gasteiger partial charge < -0.3 is 4.74 Å². The first-order chi connectivity index (χ1) is 14.0. The van der Waals surface area contributed by atoms with Crippen molar-refractivity contribution in [2.24, 2.45) is 7.05 Å². The predicted molar refractivity (Wildman–Crippen MR) is 107 cm³/mol. The minimum absolute atomic E-state index is 0.0474. The van der Waals surface area contributed by atoms with E-state index < -0.39 is 29.1 Å². The van der Waals surface area contributed by atoms with Crippen molar-refractivity contribution in [1.82, 2.24) is 9.13 Å². The third-order valence-corrected chi connectivity index (χ3v) is 4.66. The zero-order chi connectivity index (χ0) is 22.6. The molecule has 11 heteroatoms. The van der Waals surface area contributed by atoms with Gasteiger partial charge in [-0.25, -0.2) is 14.2 Å². The summed E-state index contributed by atoms with van der Waals surface area (Å²) in [6, 6.07) is 4.17. The van der Waals surface area contributed by atoms with Crippen LogP contribution in [0, 0.1) is 0 Å². The second kappa shape index (κ2) is 9.53. The molecule has 1 aromatic carbocycles. The quantitative estimate of drug-likeness (QED) is 0.366. The third-order valence-electron chi connectivity index (χ3n) is 4.06. The second-order valence-corrected chi connectivity index (χ2v) is 7.04. The first-order valence-electron chi connectivity index (χ1n) is 8.72. The van der Waals surface area contributed by atoms with Crippen LogP contribution in [0.5, 0.6) is 0 Å². The fourth-order valence-corrected chi connectivity index (χ4v) is 2.83. The van der Waals surface area contributed by atoms with Crippen LogP contribution in [0.3, 0.4) is 0 Å². The van der Waals surface area contributed by atoms with Crippen LogP contribution in [-0.2, 0) is 22.8 Å². The molecule has 0 spiro atoms. The maximum atomic E-state index is 13.0. The highest BCUT2D eigenvalue weighted by Crippen LogP contribution is 2.27. The van der Waals surface area contributed by atoms with Crippen molar-refractivity contribution in [3.05, 3.63) is 66.4 Å². The number of halogens is 5. The van der Waals surface area contributed by atoms with E-state index in [2.05, 4.69) is 0 Å². The van der Waals surface area contributed by atoms with E-state index in [0.717, 1.165) is 13.5 Å². The van der Waals surface area contributed by atoms with Crippen LogP contribution in [0.2, 0.25) is 5.02 Å². The number of ether oxygens (including phenoxy) is 1. The van der Waals surface area contributed by atoms with Crippen LogP contribution in [-0.4, -0.2) is 21.7 Å². The van der Waals surface area contributed by atoms with Crippen molar-refractivity contribution in [3.8, 4) is 5.69 Å². The molecule has 0 aliphatic carbocycles. The van der Waals surface area contributed by atoms with Crippen molar-refractivity contribution in [3.63, 3.8) is 0 Å². The number of aromatic nitrogens is 2. The number of nitrogens with zero attached hydrogens (tertiary/aromatic N) is 2. The zero-order valence-corrected chi connectivity index (χ0v) is 17.4. The highest BCUT2D eigenvalue weighted by molar-refractivity contribution is 6.43. The van der Waals surface area contributed by atoms with Gasteiger partial charge in [0, 0.05) is 18.1 Å². The van der Waals surface area contributed by atoms with Crippen molar-refractivity contribution in [1.29, 1.82) is 0 Å². The van der Waals surface area contributed by atoms with E-state index in [9.17, 15) is 27.6 Å². The van der Waals surface area contributed by atoms with Crippen molar-refractivity contribution < 1.29 is 22.7 Å². The number of carbonyl (C=O) groups excluding carboxylic acids is 1. The molecule has 0 unspecified atom stereocenters. The van der Waals surface area contributed by atoms with Crippen LogP contribution in [0.15, 0.2) is 38.9 Å².